The smallest absolute Gasteiger partial charge is 0.228 e. The predicted octanol–water partition coefficient (Wildman–Crippen LogP) is 5.79. The highest BCUT2D eigenvalue weighted by molar-refractivity contribution is 5.93. The van der Waals surface area contributed by atoms with Crippen molar-refractivity contribution in [2.24, 2.45) is 0 Å². The molecular weight excluding hydrogens is 464 g/mol. The SMILES string of the molecule is COc1ccc(NC(=O)Cc2ccc(-c3ccc(-c4noc(C)n4)cc3C)cc2)cc1C=CCN(C)C. The Balaban J connectivity index is 1.41. The number of carbonyl (C=O) groups excluding carboxylic acids is 1. The van der Waals surface area contributed by atoms with Gasteiger partial charge in [0.05, 0.1) is 13.5 Å². The molecule has 0 saturated heterocycles. The van der Waals surface area contributed by atoms with Gasteiger partial charge in [0.2, 0.25) is 17.6 Å². The fourth-order valence-corrected chi connectivity index (χ4v) is 4.07. The second-order valence-corrected chi connectivity index (χ2v) is 9.21. The average molecular weight is 497 g/mol. The van der Waals surface area contributed by atoms with Crippen LogP contribution in [0, 0.1) is 13.8 Å². The molecule has 1 N–H and O–H groups in total. The largest absolute Gasteiger partial charge is 0.496 e. The first-order valence-electron chi connectivity index (χ1n) is 12.1. The van der Waals surface area contributed by atoms with E-state index in [1.165, 1.54) is 0 Å². The minimum absolute atomic E-state index is 0.0722. The van der Waals surface area contributed by atoms with Gasteiger partial charge in [-0.2, -0.15) is 4.98 Å². The average Bonchev–Trinajstić information content (AvgIpc) is 3.31. The highest BCUT2D eigenvalue weighted by Crippen LogP contribution is 2.28. The molecule has 3 aromatic carbocycles. The standard InChI is InChI=1S/C30H32N4O3/c1-20-17-25(30-31-21(2)37-33-30)12-14-27(20)23-10-8-22(9-11-23)18-29(35)32-26-13-15-28(36-5)24(19-26)7-6-16-34(3)4/h6-15,17,19H,16,18H2,1-5H3,(H,32,35). The summed E-state index contributed by atoms with van der Waals surface area (Å²) >= 11 is 0. The third-order valence-corrected chi connectivity index (χ3v) is 5.92. The molecule has 0 unspecified atom stereocenters. The Labute approximate surface area is 217 Å². The zero-order valence-corrected chi connectivity index (χ0v) is 21.9. The summed E-state index contributed by atoms with van der Waals surface area (Å²) in [5.74, 6) is 1.82. The first-order valence-corrected chi connectivity index (χ1v) is 12.1. The molecule has 1 aromatic heterocycles. The molecule has 4 aromatic rings. The number of nitrogens with zero attached hydrogens (tertiary/aromatic N) is 3. The second kappa shape index (κ2) is 11.7. The molecule has 0 radical (unpaired) electrons. The molecule has 4 rings (SSSR count). The maximum Gasteiger partial charge on any atom is 0.228 e. The summed E-state index contributed by atoms with van der Waals surface area (Å²) in [6.07, 6.45) is 4.35. The molecule has 7 heteroatoms. The van der Waals surface area contributed by atoms with E-state index in [4.69, 9.17) is 9.26 Å². The molecule has 1 amide bonds. The summed E-state index contributed by atoms with van der Waals surface area (Å²) in [5.41, 5.74) is 6.83. The van der Waals surface area contributed by atoms with Crippen LogP contribution in [-0.2, 0) is 11.2 Å². The van der Waals surface area contributed by atoms with Crippen LogP contribution in [0.2, 0.25) is 0 Å². The van der Waals surface area contributed by atoms with E-state index in [1.807, 2.05) is 68.7 Å². The summed E-state index contributed by atoms with van der Waals surface area (Å²) < 4.78 is 10.5. The van der Waals surface area contributed by atoms with Crippen molar-refractivity contribution in [1.82, 2.24) is 15.0 Å². The molecule has 0 saturated carbocycles. The Morgan fingerprint density at radius 1 is 1.03 bits per heavy atom. The van der Waals surface area contributed by atoms with E-state index in [0.29, 0.717) is 11.7 Å². The minimum atomic E-state index is -0.0722. The highest BCUT2D eigenvalue weighted by atomic mass is 16.5. The Morgan fingerprint density at radius 3 is 2.43 bits per heavy atom. The van der Waals surface area contributed by atoms with E-state index in [-0.39, 0.29) is 12.3 Å². The van der Waals surface area contributed by atoms with Gasteiger partial charge in [0.15, 0.2) is 0 Å². The third-order valence-electron chi connectivity index (χ3n) is 5.92. The van der Waals surface area contributed by atoms with Gasteiger partial charge in [-0.15, -0.1) is 0 Å². The van der Waals surface area contributed by atoms with Gasteiger partial charge in [-0.1, -0.05) is 53.7 Å². The maximum atomic E-state index is 12.7. The summed E-state index contributed by atoms with van der Waals surface area (Å²) in [5, 5.41) is 7.00. The van der Waals surface area contributed by atoms with Gasteiger partial charge in [0.1, 0.15) is 5.75 Å². The number of ether oxygens (including phenoxy) is 1. The van der Waals surface area contributed by atoms with Gasteiger partial charge in [0.25, 0.3) is 0 Å². The number of methoxy groups -OCH3 is 1. The van der Waals surface area contributed by atoms with E-state index in [9.17, 15) is 4.79 Å². The Morgan fingerprint density at radius 2 is 1.78 bits per heavy atom. The quantitative estimate of drug-likeness (QED) is 0.316. The van der Waals surface area contributed by atoms with Gasteiger partial charge in [0, 0.05) is 30.3 Å². The lowest BCUT2D eigenvalue weighted by Crippen LogP contribution is -2.14. The molecule has 1 heterocycles. The zero-order chi connectivity index (χ0) is 26.4. The van der Waals surface area contributed by atoms with Gasteiger partial charge < -0.3 is 19.5 Å². The van der Waals surface area contributed by atoms with Crippen LogP contribution in [0.25, 0.3) is 28.6 Å². The topological polar surface area (TPSA) is 80.5 Å². The number of carbonyl (C=O) groups is 1. The summed E-state index contributed by atoms with van der Waals surface area (Å²) in [4.78, 5) is 19.1. The van der Waals surface area contributed by atoms with Crippen LogP contribution < -0.4 is 10.1 Å². The molecule has 0 atom stereocenters. The first kappa shape index (κ1) is 25.9. The third kappa shape index (κ3) is 6.71. The van der Waals surface area contributed by atoms with Crippen LogP contribution in [0.5, 0.6) is 5.75 Å². The van der Waals surface area contributed by atoms with Crippen LogP contribution >= 0.6 is 0 Å². The van der Waals surface area contributed by atoms with Crippen molar-refractivity contribution < 1.29 is 14.1 Å². The van der Waals surface area contributed by atoms with Crippen LogP contribution in [-0.4, -0.2) is 48.7 Å². The maximum absolute atomic E-state index is 12.7. The minimum Gasteiger partial charge on any atom is -0.496 e. The van der Waals surface area contributed by atoms with Crippen molar-refractivity contribution in [2.45, 2.75) is 20.3 Å². The van der Waals surface area contributed by atoms with Crippen LogP contribution in [0.3, 0.4) is 0 Å². The van der Waals surface area contributed by atoms with E-state index >= 15 is 0 Å². The zero-order valence-electron chi connectivity index (χ0n) is 21.9. The van der Waals surface area contributed by atoms with E-state index in [0.717, 1.165) is 51.4 Å². The van der Waals surface area contributed by atoms with Crippen molar-refractivity contribution in [3.05, 3.63) is 89.3 Å². The Hall–Kier alpha value is -4.23. The molecule has 0 aliphatic rings. The highest BCUT2D eigenvalue weighted by Gasteiger charge is 2.11. The fraction of sp³-hybridized carbons (Fsp3) is 0.233. The van der Waals surface area contributed by atoms with Crippen LogP contribution in [0.1, 0.15) is 22.6 Å². The van der Waals surface area contributed by atoms with Crippen molar-refractivity contribution in [1.29, 1.82) is 0 Å². The monoisotopic (exact) mass is 496 g/mol. The lowest BCUT2D eigenvalue weighted by atomic mass is 9.97. The van der Waals surface area contributed by atoms with E-state index in [2.05, 4.69) is 45.5 Å². The molecule has 0 bridgehead atoms. The van der Waals surface area contributed by atoms with E-state index < -0.39 is 0 Å². The molecule has 190 valence electrons. The second-order valence-electron chi connectivity index (χ2n) is 9.21. The Bertz CT molecular complexity index is 1400. The molecule has 0 aliphatic heterocycles. The number of benzene rings is 3. The molecule has 0 fully saturated rings. The first-order chi connectivity index (χ1) is 17.8. The molecule has 0 spiro atoms. The van der Waals surface area contributed by atoms with Crippen molar-refractivity contribution >= 4 is 17.7 Å². The lowest BCUT2D eigenvalue weighted by molar-refractivity contribution is -0.115. The van der Waals surface area contributed by atoms with E-state index in [1.54, 1.807) is 14.0 Å². The normalized spacial score (nSPS) is 11.3. The summed E-state index contributed by atoms with van der Waals surface area (Å²) in [6, 6.07) is 19.8. The lowest BCUT2D eigenvalue weighted by Gasteiger charge is -2.11. The fourth-order valence-electron chi connectivity index (χ4n) is 4.07. The summed E-state index contributed by atoms with van der Waals surface area (Å²) in [7, 11) is 5.67. The molecule has 7 nitrogen and oxygen atoms in total. The van der Waals surface area contributed by atoms with Gasteiger partial charge >= 0.3 is 0 Å². The molecular formula is C30H32N4O3. The number of likely N-dealkylation sites (N-methyl/N-ethyl adjacent to an activating group) is 1. The van der Waals surface area contributed by atoms with Gasteiger partial charge in [-0.3, -0.25) is 4.79 Å². The number of anilines is 1. The van der Waals surface area contributed by atoms with Crippen LogP contribution in [0.4, 0.5) is 5.69 Å². The number of amides is 1. The van der Waals surface area contributed by atoms with Crippen molar-refractivity contribution in [2.75, 3.05) is 33.1 Å². The van der Waals surface area contributed by atoms with Crippen LogP contribution in [0.15, 0.2) is 71.3 Å². The predicted molar refractivity (Wildman–Crippen MR) is 148 cm³/mol. The summed E-state index contributed by atoms with van der Waals surface area (Å²) in [6.45, 7) is 4.66. The van der Waals surface area contributed by atoms with Gasteiger partial charge in [-0.25, -0.2) is 0 Å². The Kier molecular flexibility index (Phi) is 8.15. The number of hydrogen-bond donors (Lipinski definition) is 1. The molecule has 37 heavy (non-hydrogen) atoms. The van der Waals surface area contributed by atoms with Crippen molar-refractivity contribution in [3.8, 4) is 28.3 Å². The van der Waals surface area contributed by atoms with Crippen molar-refractivity contribution in [3.63, 3.8) is 0 Å². The number of nitrogens with one attached hydrogen (secondary N) is 1. The number of hydrogen-bond acceptors (Lipinski definition) is 6. The number of aromatic nitrogens is 2. The molecule has 0 aliphatic carbocycles. The van der Waals surface area contributed by atoms with Gasteiger partial charge in [-0.05, 0) is 67.5 Å². The number of aryl methyl sites for hydroxylation is 2. The number of rotatable bonds is 9.